The molecule has 0 bridgehead atoms. The Morgan fingerprint density at radius 2 is 2.00 bits per heavy atom. The van der Waals surface area contributed by atoms with Crippen LogP contribution in [0.4, 0.5) is 0 Å². The Labute approximate surface area is 120 Å². The minimum absolute atomic E-state index is 0.00932. The normalized spacial score (nSPS) is 22.0. The highest BCUT2D eigenvalue weighted by atomic mass is 16.5. The Morgan fingerprint density at radius 3 is 2.65 bits per heavy atom. The molecule has 1 fully saturated rings. The van der Waals surface area contributed by atoms with E-state index in [4.69, 9.17) is 15.9 Å². The highest BCUT2D eigenvalue weighted by Gasteiger charge is 2.24. The summed E-state index contributed by atoms with van der Waals surface area (Å²) in [5, 5.41) is 0. The lowest BCUT2D eigenvalue weighted by molar-refractivity contribution is -0.150. The van der Waals surface area contributed by atoms with Crippen LogP contribution in [-0.2, 0) is 20.9 Å². The van der Waals surface area contributed by atoms with Gasteiger partial charge in [-0.05, 0) is 37.0 Å². The van der Waals surface area contributed by atoms with Crippen LogP contribution in [0.3, 0.4) is 0 Å². The minimum atomic E-state index is -0.208. The van der Waals surface area contributed by atoms with Crippen LogP contribution in [0.15, 0.2) is 24.3 Å². The second kappa shape index (κ2) is 7.12. The number of benzene rings is 1. The molecule has 0 radical (unpaired) electrons. The van der Waals surface area contributed by atoms with E-state index in [1.54, 1.807) is 0 Å². The zero-order valence-corrected chi connectivity index (χ0v) is 11.8. The Balaban J connectivity index is 1.80. The predicted molar refractivity (Wildman–Crippen MR) is 77.0 cm³/mol. The second-order valence-corrected chi connectivity index (χ2v) is 5.17. The summed E-state index contributed by atoms with van der Waals surface area (Å²) in [5.41, 5.74) is 1.99. The largest absolute Gasteiger partial charge is 0.462 e. The Hall–Kier alpha value is -1.79. The van der Waals surface area contributed by atoms with E-state index in [9.17, 15) is 4.79 Å². The van der Waals surface area contributed by atoms with E-state index in [0.29, 0.717) is 6.61 Å². The van der Waals surface area contributed by atoms with Crippen molar-refractivity contribution in [2.75, 3.05) is 0 Å². The van der Waals surface area contributed by atoms with Gasteiger partial charge >= 0.3 is 5.97 Å². The number of hydrogen-bond donors (Lipinski definition) is 0. The number of carbonyl (C=O) groups excluding carboxylic acids is 1. The van der Waals surface area contributed by atoms with Crippen molar-refractivity contribution in [1.29, 1.82) is 0 Å². The van der Waals surface area contributed by atoms with Gasteiger partial charge in [0.1, 0.15) is 6.10 Å². The van der Waals surface area contributed by atoms with E-state index < -0.39 is 0 Å². The Kier molecular flexibility index (Phi) is 5.20. The van der Waals surface area contributed by atoms with Crippen molar-refractivity contribution in [2.45, 2.75) is 51.4 Å². The Bertz CT molecular complexity index is 484. The topological polar surface area (TPSA) is 35.5 Å². The third kappa shape index (κ3) is 4.40. The monoisotopic (exact) mass is 272 g/mol. The van der Waals surface area contributed by atoms with Crippen LogP contribution < -0.4 is 0 Å². The lowest BCUT2D eigenvalue weighted by Crippen LogP contribution is -2.29. The van der Waals surface area contributed by atoms with Gasteiger partial charge in [-0.3, -0.25) is 4.79 Å². The number of ether oxygens (including phenoxy) is 2. The first-order chi connectivity index (χ1) is 9.67. The summed E-state index contributed by atoms with van der Waals surface area (Å²) in [5.74, 6) is 2.39. The highest BCUT2D eigenvalue weighted by molar-refractivity contribution is 5.66. The molecule has 106 valence electrons. The molecule has 0 amide bonds. The van der Waals surface area contributed by atoms with Gasteiger partial charge in [-0.2, -0.15) is 0 Å². The average Bonchev–Trinajstić information content (AvgIpc) is 2.45. The number of esters is 1. The average molecular weight is 272 g/mol. The predicted octanol–water partition coefficient (Wildman–Crippen LogP) is 3.06. The lowest BCUT2D eigenvalue weighted by atomic mass is 9.95. The summed E-state index contributed by atoms with van der Waals surface area (Å²) in [4.78, 5) is 11.0. The number of terminal acetylenes is 1. The molecule has 0 unspecified atom stereocenters. The number of rotatable bonds is 4. The van der Waals surface area contributed by atoms with Crippen molar-refractivity contribution in [3.8, 4) is 12.3 Å². The van der Waals surface area contributed by atoms with Crippen LogP contribution in [0.2, 0.25) is 0 Å². The van der Waals surface area contributed by atoms with Crippen LogP contribution in [0.5, 0.6) is 0 Å². The molecule has 1 aliphatic rings. The zero-order valence-electron chi connectivity index (χ0n) is 11.8. The third-order valence-corrected chi connectivity index (χ3v) is 3.52. The molecule has 0 aliphatic heterocycles. The number of carbonyl (C=O) groups is 1. The molecule has 1 aromatic carbocycles. The van der Waals surface area contributed by atoms with E-state index in [0.717, 1.165) is 36.8 Å². The van der Waals surface area contributed by atoms with E-state index in [-0.39, 0.29) is 18.2 Å². The van der Waals surface area contributed by atoms with Gasteiger partial charge in [0.05, 0.1) is 12.7 Å². The molecule has 0 N–H and O–H groups in total. The molecule has 2 atom stereocenters. The maximum Gasteiger partial charge on any atom is 0.302 e. The molecular weight excluding hydrogens is 252 g/mol. The summed E-state index contributed by atoms with van der Waals surface area (Å²) in [7, 11) is 0. The molecule has 0 aromatic heterocycles. The lowest BCUT2D eigenvalue weighted by Gasteiger charge is -2.28. The van der Waals surface area contributed by atoms with Gasteiger partial charge in [0.2, 0.25) is 0 Å². The molecule has 3 nitrogen and oxygen atoms in total. The minimum Gasteiger partial charge on any atom is -0.462 e. The summed E-state index contributed by atoms with van der Waals surface area (Å²) in [6.07, 6.45) is 9.30. The van der Waals surface area contributed by atoms with E-state index in [2.05, 4.69) is 5.92 Å². The smallest absolute Gasteiger partial charge is 0.302 e. The fourth-order valence-electron chi connectivity index (χ4n) is 2.51. The first-order valence-electron chi connectivity index (χ1n) is 7.01. The first kappa shape index (κ1) is 14.6. The van der Waals surface area contributed by atoms with Crippen molar-refractivity contribution in [3.05, 3.63) is 35.4 Å². The van der Waals surface area contributed by atoms with Gasteiger partial charge in [0.15, 0.2) is 0 Å². The SMILES string of the molecule is C#Cc1ccc(CO[C@@H]2CCC[C@H](OC(C)=O)C2)cc1. The van der Waals surface area contributed by atoms with Gasteiger partial charge in [0.25, 0.3) is 0 Å². The van der Waals surface area contributed by atoms with Gasteiger partial charge in [0, 0.05) is 18.9 Å². The van der Waals surface area contributed by atoms with Crippen molar-refractivity contribution < 1.29 is 14.3 Å². The van der Waals surface area contributed by atoms with Crippen LogP contribution in [0.1, 0.15) is 43.7 Å². The fourth-order valence-corrected chi connectivity index (χ4v) is 2.51. The first-order valence-corrected chi connectivity index (χ1v) is 7.01. The molecule has 2 rings (SSSR count). The molecule has 0 saturated heterocycles. The molecule has 0 heterocycles. The summed E-state index contributed by atoms with van der Waals surface area (Å²) in [6.45, 7) is 2.03. The van der Waals surface area contributed by atoms with Crippen molar-refractivity contribution in [3.63, 3.8) is 0 Å². The zero-order chi connectivity index (χ0) is 14.4. The maximum absolute atomic E-state index is 11.0. The van der Waals surface area contributed by atoms with Gasteiger partial charge in [-0.25, -0.2) is 0 Å². The molecule has 20 heavy (non-hydrogen) atoms. The quantitative estimate of drug-likeness (QED) is 0.624. The summed E-state index contributed by atoms with van der Waals surface area (Å²) in [6, 6.07) is 7.81. The van der Waals surface area contributed by atoms with Crippen molar-refractivity contribution >= 4 is 5.97 Å². The maximum atomic E-state index is 11.0. The Morgan fingerprint density at radius 1 is 1.30 bits per heavy atom. The van der Waals surface area contributed by atoms with Crippen LogP contribution in [0.25, 0.3) is 0 Å². The van der Waals surface area contributed by atoms with Crippen LogP contribution in [0, 0.1) is 12.3 Å². The molecular formula is C17H20O3. The third-order valence-electron chi connectivity index (χ3n) is 3.52. The molecule has 3 heteroatoms. The number of hydrogen-bond acceptors (Lipinski definition) is 3. The standard InChI is InChI=1S/C17H20O3/c1-3-14-7-9-15(10-8-14)12-19-16-5-4-6-17(11-16)20-13(2)18/h1,7-10,16-17H,4-6,11-12H2,2H3/t16-,17+/m1/s1. The molecule has 1 aliphatic carbocycles. The summed E-state index contributed by atoms with van der Waals surface area (Å²) >= 11 is 0. The van der Waals surface area contributed by atoms with E-state index >= 15 is 0 Å². The van der Waals surface area contributed by atoms with Crippen molar-refractivity contribution in [2.24, 2.45) is 0 Å². The fraction of sp³-hybridized carbons (Fsp3) is 0.471. The van der Waals surface area contributed by atoms with Gasteiger partial charge in [-0.15, -0.1) is 6.42 Å². The van der Waals surface area contributed by atoms with E-state index in [1.807, 2.05) is 24.3 Å². The van der Waals surface area contributed by atoms with Crippen molar-refractivity contribution in [1.82, 2.24) is 0 Å². The molecule has 0 spiro atoms. The second-order valence-electron chi connectivity index (χ2n) is 5.17. The van der Waals surface area contributed by atoms with Crippen LogP contribution >= 0.6 is 0 Å². The summed E-state index contributed by atoms with van der Waals surface area (Å²) < 4.78 is 11.2. The van der Waals surface area contributed by atoms with Gasteiger partial charge < -0.3 is 9.47 Å². The van der Waals surface area contributed by atoms with Gasteiger partial charge in [-0.1, -0.05) is 18.1 Å². The molecule has 1 aromatic rings. The molecule has 1 saturated carbocycles. The highest BCUT2D eigenvalue weighted by Crippen LogP contribution is 2.24. The van der Waals surface area contributed by atoms with E-state index in [1.165, 1.54) is 6.92 Å². The van der Waals surface area contributed by atoms with Crippen LogP contribution in [-0.4, -0.2) is 18.2 Å².